The van der Waals surface area contributed by atoms with Crippen molar-refractivity contribution in [2.45, 2.75) is 104 Å². The number of thioether (sulfide) groups is 1. The highest BCUT2D eigenvalue weighted by atomic mass is 79.9. The molecule has 0 radical (unpaired) electrons. The van der Waals surface area contributed by atoms with Gasteiger partial charge in [0, 0.05) is 25.4 Å². The summed E-state index contributed by atoms with van der Waals surface area (Å²) in [5, 5.41) is 2.12. The van der Waals surface area contributed by atoms with Gasteiger partial charge in [-0.2, -0.15) is 0 Å². The van der Waals surface area contributed by atoms with Crippen LogP contribution in [0, 0.1) is 0 Å². The van der Waals surface area contributed by atoms with E-state index in [0.717, 1.165) is 42.4 Å². The van der Waals surface area contributed by atoms with Crippen LogP contribution in [-0.2, 0) is 17.9 Å². The van der Waals surface area contributed by atoms with E-state index in [2.05, 4.69) is 47.7 Å². The summed E-state index contributed by atoms with van der Waals surface area (Å²) in [7, 11) is 0. The second-order valence-corrected chi connectivity index (χ2v) is 11.4. The van der Waals surface area contributed by atoms with Crippen molar-refractivity contribution in [2.75, 3.05) is 17.4 Å². The third kappa shape index (κ3) is 13.3. The maximum atomic E-state index is 12.6. The summed E-state index contributed by atoms with van der Waals surface area (Å²) >= 11 is 1.80. The van der Waals surface area contributed by atoms with E-state index in [-0.39, 0.29) is 22.9 Å². The van der Waals surface area contributed by atoms with Crippen LogP contribution in [0.4, 0.5) is 5.69 Å². The zero-order valence-corrected chi connectivity index (χ0v) is 26.6. The quantitative estimate of drug-likeness (QED) is 0.147. The van der Waals surface area contributed by atoms with Gasteiger partial charge in [-0.15, -0.1) is 28.7 Å². The summed E-state index contributed by atoms with van der Waals surface area (Å²) < 4.78 is 6.06. The van der Waals surface area contributed by atoms with Gasteiger partial charge in [-0.3, -0.25) is 4.79 Å². The van der Waals surface area contributed by atoms with Gasteiger partial charge in [0.15, 0.2) is 0 Å². The average molecular weight is 618 g/mol. The number of anilines is 1. The fraction of sp³-hybridized carbons (Fsp3) is 0.545. The number of carbonyl (C=O) groups excluding carboxylic acids is 1. The Morgan fingerprint density at radius 1 is 0.872 bits per heavy atom. The fourth-order valence-corrected chi connectivity index (χ4v) is 5.61. The van der Waals surface area contributed by atoms with Gasteiger partial charge in [0.2, 0.25) is 5.91 Å². The van der Waals surface area contributed by atoms with Gasteiger partial charge in [0.1, 0.15) is 5.75 Å². The van der Waals surface area contributed by atoms with Crippen LogP contribution < -0.4 is 9.64 Å². The molecule has 0 saturated heterocycles. The minimum atomic E-state index is 0. The molecule has 39 heavy (non-hydrogen) atoms. The minimum Gasteiger partial charge on any atom is -0.494 e. The van der Waals surface area contributed by atoms with E-state index in [0.29, 0.717) is 6.54 Å². The number of halogens is 1. The average Bonchev–Trinajstić information content (AvgIpc) is 3.43. The first-order valence-corrected chi connectivity index (χ1v) is 15.8. The molecule has 0 atom stereocenters. The zero-order valence-electron chi connectivity index (χ0n) is 24.1. The lowest BCUT2D eigenvalue weighted by molar-refractivity contribution is -0.116. The first kappa shape index (κ1) is 33.3. The van der Waals surface area contributed by atoms with E-state index in [1.807, 2.05) is 29.2 Å². The van der Waals surface area contributed by atoms with Crippen LogP contribution in [0.2, 0.25) is 0 Å². The molecule has 4 nitrogen and oxygen atoms in total. The third-order valence-corrected chi connectivity index (χ3v) is 7.90. The number of hydrogen-bond acceptors (Lipinski definition) is 4. The summed E-state index contributed by atoms with van der Waals surface area (Å²) in [5.41, 5.74) is 3.23. The van der Waals surface area contributed by atoms with Gasteiger partial charge >= 0.3 is 0 Å². The molecule has 0 aromatic heterocycles. The fourth-order valence-electron chi connectivity index (χ4n) is 4.90. The Balaban J connectivity index is 0.00000533. The number of ether oxygens (including phenoxy) is 1. The normalized spacial score (nSPS) is 12.4. The molecule has 2 aromatic rings. The molecule has 1 aliphatic rings. The van der Waals surface area contributed by atoms with Crippen LogP contribution in [0.1, 0.15) is 102 Å². The lowest BCUT2D eigenvalue weighted by atomic mass is 10.1. The topological polar surface area (TPSA) is 32.8 Å². The Labute approximate surface area is 252 Å². The van der Waals surface area contributed by atoms with Crippen LogP contribution in [0.25, 0.3) is 0 Å². The van der Waals surface area contributed by atoms with Gasteiger partial charge in [-0.25, -0.2) is 0 Å². The molecule has 0 N–H and O–H groups in total. The number of benzene rings is 2. The molecule has 0 fully saturated rings. The molecule has 0 saturated carbocycles. The minimum absolute atomic E-state index is 0. The second kappa shape index (κ2) is 20.0. The number of rotatable bonds is 19. The Kier molecular flexibility index (Phi) is 17.1. The van der Waals surface area contributed by atoms with Gasteiger partial charge in [0.25, 0.3) is 0 Å². The van der Waals surface area contributed by atoms with E-state index >= 15 is 0 Å². The maximum Gasteiger partial charge on any atom is 0.224 e. The standard InChI is InChI=1S/C33H48N2O2S.BrH/c1-3-4-5-6-7-8-9-10-11-12-13-14-22-37-33-20-16-18-31(25-33)27-35(29(2)36)32-19-15-17-30(24-32)26-34-21-23-38-28-34;/h15-21,23-25H,3-14,22,26-28H2,1-2H3;1H. The Morgan fingerprint density at radius 2 is 1.51 bits per heavy atom. The van der Waals surface area contributed by atoms with E-state index in [9.17, 15) is 4.79 Å². The van der Waals surface area contributed by atoms with E-state index in [4.69, 9.17) is 4.74 Å². The van der Waals surface area contributed by atoms with Crippen LogP contribution in [-0.4, -0.2) is 23.3 Å². The summed E-state index contributed by atoms with van der Waals surface area (Å²) in [6, 6.07) is 16.5. The molecule has 1 amide bonds. The summed E-state index contributed by atoms with van der Waals surface area (Å²) in [5.74, 6) is 1.91. The van der Waals surface area contributed by atoms with Crippen molar-refractivity contribution in [3.8, 4) is 5.75 Å². The Bertz CT molecular complexity index is 984. The van der Waals surface area contributed by atoms with E-state index in [1.165, 1.54) is 76.2 Å². The predicted molar refractivity (Wildman–Crippen MR) is 174 cm³/mol. The highest BCUT2D eigenvalue weighted by Gasteiger charge is 2.14. The van der Waals surface area contributed by atoms with Crippen LogP contribution in [0.3, 0.4) is 0 Å². The number of unbranched alkanes of at least 4 members (excludes halogenated alkanes) is 11. The number of carbonyl (C=O) groups is 1. The molecule has 2 aromatic carbocycles. The maximum absolute atomic E-state index is 12.6. The first-order chi connectivity index (χ1) is 18.7. The molecule has 0 spiro atoms. The molecule has 1 aliphatic heterocycles. The zero-order chi connectivity index (χ0) is 26.8. The van der Waals surface area contributed by atoms with Crippen LogP contribution in [0.15, 0.2) is 60.1 Å². The monoisotopic (exact) mass is 616 g/mol. The lowest BCUT2D eigenvalue weighted by Gasteiger charge is -2.23. The van der Waals surface area contributed by atoms with Crippen molar-refractivity contribution in [3.63, 3.8) is 0 Å². The highest BCUT2D eigenvalue weighted by molar-refractivity contribution is 8.93. The molecule has 0 unspecified atom stereocenters. The molecule has 216 valence electrons. The summed E-state index contributed by atoms with van der Waals surface area (Å²) in [4.78, 5) is 16.7. The molecule has 3 rings (SSSR count). The molecular formula is C33H49BrN2O2S. The van der Waals surface area contributed by atoms with Crippen molar-refractivity contribution in [2.24, 2.45) is 0 Å². The van der Waals surface area contributed by atoms with Gasteiger partial charge in [0.05, 0.1) is 19.0 Å². The lowest BCUT2D eigenvalue weighted by Crippen LogP contribution is -2.28. The van der Waals surface area contributed by atoms with Gasteiger partial charge < -0.3 is 14.5 Å². The van der Waals surface area contributed by atoms with Crippen LogP contribution >= 0.6 is 28.7 Å². The number of amides is 1. The van der Waals surface area contributed by atoms with Crippen molar-refractivity contribution in [1.29, 1.82) is 0 Å². The third-order valence-electron chi connectivity index (χ3n) is 7.10. The number of nitrogens with zero attached hydrogens (tertiary/aromatic N) is 2. The van der Waals surface area contributed by atoms with Crippen molar-refractivity contribution in [3.05, 3.63) is 71.3 Å². The Hall–Kier alpha value is -1.92. The summed E-state index contributed by atoms with van der Waals surface area (Å²) in [6.45, 7) is 6.06. The molecule has 6 heteroatoms. The smallest absolute Gasteiger partial charge is 0.224 e. The second-order valence-electron chi connectivity index (χ2n) is 10.5. The molecule has 1 heterocycles. The van der Waals surface area contributed by atoms with E-state index in [1.54, 1.807) is 18.7 Å². The van der Waals surface area contributed by atoms with Crippen molar-refractivity contribution in [1.82, 2.24) is 4.90 Å². The molecular weight excluding hydrogens is 568 g/mol. The summed E-state index contributed by atoms with van der Waals surface area (Å²) in [6.07, 6.45) is 18.3. The molecule has 0 aliphatic carbocycles. The predicted octanol–water partition coefficient (Wildman–Crippen LogP) is 9.87. The van der Waals surface area contributed by atoms with E-state index < -0.39 is 0 Å². The van der Waals surface area contributed by atoms with Gasteiger partial charge in [-0.05, 0) is 47.2 Å². The SMILES string of the molecule is Br.CCCCCCCCCCCCCCOc1cccc(CN(C(C)=O)c2cccc(CN3C=CSC3)c2)c1. The van der Waals surface area contributed by atoms with Crippen molar-refractivity contribution < 1.29 is 9.53 Å². The van der Waals surface area contributed by atoms with Crippen molar-refractivity contribution >= 4 is 40.3 Å². The van der Waals surface area contributed by atoms with Gasteiger partial charge in [-0.1, -0.05) is 102 Å². The first-order valence-electron chi connectivity index (χ1n) is 14.8. The molecule has 0 bridgehead atoms. The largest absolute Gasteiger partial charge is 0.494 e. The number of hydrogen-bond donors (Lipinski definition) is 0. The highest BCUT2D eigenvalue weighted by Crippen LogP contribution is 2.24. The Morgan fingerprint density at radius 3 is 2.15 bits per heavy atom. The van der Waals surface area contributed by atoms with Crippen LogP contribution in [0.5, 0.6) is 5.75 Å².